The lowest BCUT2D eigenvalue weighted by atomic mass is 10.2. The van der Waals surface area contributed by atoms with Crippen molar-refractivity contribution in [3.05, 3.63) is 72.1 Å². The van der Waals surface area contributed by atoms with Gasteiger partial charge in [-0.25, -0.2) is 8.78 Å². The number of ether oxygens (including phenoxy) is 1. The molecule has 1 aromatic heterocycles. The molecule has 1 amide bonds. The maximum Gasteiger partial charge on any atom is 0.280 e. The van der Waals surface area contributed by atoms with E-state index in [4.69, 9.17) is 4.74 Å². The number of rotatable bonds is 5. The minimum Gasteiger partial charge on any atom is -0.455 e. The number of halogens is 2. The number of hydrogen-bond donors (Lipinski definition) is 0. The summed E-state index contributed by atoms with van der Waals surface area (Å²) in [6.07, 6.45) is -1.65. The standard InChI is InChI=1S/C19H17F2N3O2/c1-23(19(25)14-12-22-24(2)17(14)18(20)21)15-10-6-7-11-16(15)26-13-8-4-3-5-9-13/h3-12,18H,1-2H3. The molecule has 2 aromatic carbocycles. The van der Waals surface area contributed by atoms with Gasteiger partial charge in [-0.15, -0.1) is 0 Å². The predicted octanol–water partition coefficient (Wildman–Crippen LogP) is 4.43. The van der Waals surface area contributed by atoms with Gasteiger partial charge in [-0.1, -0.05) is 30.3 Å². The summed E-state index contributed by atoms with van der Waals surface area (Å²) < 4.78 is 33.4. The Morgan fingerprint density at radius 2 is 1.77 bits per heavy atom. The maximum atomic E-state index is 13.3. The first-order valence-electron chi connectivity index (χ1n) is 7.89. The van der Waals surface area contributed by atoms with Gasteiger partial charge in [0, 0.05) is 14.1 Å². The molecule has 7 heteroatoms. The van der Waals surface area contributed by atoms with Crippen molar-refractivity contribution in [3.8, 4) is 11.5 Å². The summed E-state index contributed by atoms with van der Waals surface area (Å²) >= 11 is 0. The highest BCUT2D eigenvalue weighted by Gasteiger charge is 2.27. The van der Waals surface area contributed by atoms with Gasteiger partial charge in [0.1, 0.15) is 11.4 Å². The van der Waals surface area contributed by atoms with Crippen molar-refractivity contribution in [3.63, 3.8) is 0 Å². The Morgan fingerprint density at radius 1 is 1.12 bits per heavy atom. The Bertz CT molecular complexity index is 910. The van der Waals surface area contributed by atoms with E-state index in [1.54, 1.807) is 36.4 Å². The molecule has 0 atom stereocenters. The van der Waals surface area contributed by atoms with Crippen molar-refractivity contribution in [2.45, 2.75) is 6.43 Å². The Hall–Kier alpha value is -3.22. The van der Waals surface area contributed by atoms with Gasteiger partial charge in [0.05, 0.1) is 17.4 Å². The minimum atomic E-state index is -2.80. The molecule has 0 N–H and O–H groups in total. The molecule has 0 radical (unpaired) electrons. The summed E-state index contributed by atoms with van der Waals surface area (Å²) in [6.45, 7) is 0. The van der Waals surface area contributed by atoms with Crippen LogP contribution in [0.5, 0.6) is 11.5 Å². The highest BCUT2D eigenvalue weighted by Crippen LogP contribution is 2.33. The van der Waals surface area contributed by atoms with E-state index in [9.17, 15) is 13.6 Å². The first-order chi connectivity index (χ1) is 12.5. The molecule has 0 saturated carbocycles. The molecule has 5 nitrogen and oxygen atoms in total. The van der Waals surface area contributed by atoms with Crippen LogP contribution in [0.1, 0.15) is 22.5 Å². The minimum absolute atomic E-state index is 0.139. The molecular weight excluding hydrogens is 340 g/mol. The first-order valence-corrected chi connectivity index (χ1v) is 7.89. The van der Waals surface area contributed by atoms with Gasteiger partial charge in [-0.05, 0) is 24.3 Å². The molecule has 0 fully saturated rings. The molecule has 1 heterocycles. The van der Waals surface area contributed by atoms with Crippen molar-refractivity contribution in [1.29, 1.82) is 0 Å². The number of carbonyl (C=O) groups is 1. The lowest BCUT2D eigenvalue weighted by Crippen LogP contribution is -2.27. The van der Waals surface area contributed by atoms with E-state index in [1.807, 2.05) is 18.2 Å². The van der Waals surface area contributed by atoms with Gasteiger partial charge >= 0.3 is 0 Å². The second kappa shape index (κ2) is 7.35. The second-order valence-corrected chi connectivity index (χ2v) is 5.61. The number of aromatic nitrogens is 2. The summed E-state index contributed by atoms with van der Waals surface area (Å²) in [5.41, 5.74) is -0.0896. The smallest absolute Gasteiger partial charge is 0.280 e. The molecule has 0 unspecified atom stereocenters. The largest absolute Gasteiger partial charge is 0.455 e. The van der Waals surface area contributed by atoms with Gasteiger partial charge in [0.15, 0.2) is 5.75 Å². The van der Waals surface area contributed by atoms with E-state index in [1.165, 1.54) is 19.0 Å². The second-order valence-electron chi connectivity index (χ2n) is 5.61. The van der Waals surface area contributed by atoms with Crippen molar-refractivity contribution < 1.29 is 18.3 Å². The molecule has 0 bridgehead atoms. The highest BCUT2D eigenvalue weighted by atomic mass is 19.3. The highest BCUT2D eigenvalue weighted by molar-refractivity contribution is 6.07. The molecule has 3 aromatic rings. The Labute approximate surface area is 149 Å². The summed E-state index contributed by atoms with van der Waals surface area (Å²) in [5.74, 6) is 0.463. The lowest BCUT2D eigenvalue weighted by Gasteiger charge is -2.20. The number of para-hydroxylation sites is 3. The van der Waals surface area contributed by atoms with Gasteiger partial charge in [-0.3, -0.25) is 9.48 Å². The molecule has 26 heavy (non-hydrogen) atoms. The van der Waals surface area contributed by atoms with E-state index in [0.29, 0.717) is 17.2 Å². The van der Waals surface area contributed by atoms with Crippen LogP contribution >= 0.6 is 0 Å². The zero-order valence-corrected chi connectivity index (χ0v) is 14.3. The average molecular weight is 357 g/mol. The molecule has 3 rings (SSSR count). The number of alkyl halides is 2. The third-order valence-corrected chi connectivity index (χ3v) is 3.92. The summed E-state index contributed by atoms with van der Waals surface area (Å²) in [7, 11) is 2.89. The fourth-order valence-electron chi connectivity index (χ4n) is 2.60. The molecular formula is C19H17F2N3O2. The van der Waals surface area contributed by atoms with Crippen LogP contribution in [-0.2, 0) is 7.05 Å². The van der Waals surface area contributed by atoms with Gasteiger partial charge in [0.2, 0.25) is 0 Å². The van der Waals surface area contributed by atoms with Crippen LogP contribution in [0.3, 0.4) is 0 Å². The Morgan fingerprint density at radius 3 is 2.46 bits per heavy atom. The SMILES string of the molecule is CN(C(=O)c1cnn(C)c1C(F)F)c1ccccc1Oc1ccccc1. The van der Waals surface area contributed by atoms with Gasteiger partial charge in [0.25, 0.3) is 12.3 Å². The van der Waals surface area contributed by atoms with E-state index in [2.05, 4.69) is 5.10 Å². The van der Waals surface area contributed by atoms with Crippen LogP contribution in [0.15, 0.2) is 60.8 Å². The van der Waals surface area contributed by atoms with Gasteiger partial charge in [-0.2, -0.15) is 5.10 Å². The summed E-state index contributed by atoms with van der Waals surface area (Å²) in [6, 6.07) is 16.0. The Kier molecular flexibility index (Phi) is 4.97. The zero-order valence-electron chi connectivity index (χ0n) is 14.3. The van der Waals surface area contributed by atoms with Crippen molar-refractivity contribution in [2.24, 2.45) is 7.05 Å². The molecule has 0 spiro atoms. The van der Waals surface area contributed by atoms with Crippen LogP contribution < -0.4 is 9.64 Å². The van der Waals surface area contributed by atoms with E-state index in [-0.39, 0.29) is 5.56 Å². The molecule has 0 saturated heterocycles. The third kappa shape index (κ3) is 3.42. The number of carbonyl (C=O) groups excluding carboxylic acids is 1. The van der Waals surface area contributed by atoms with E-state index >= 15 is 0 Å². The quantitative estimate of drug-likeness (QED) is 0.679. The van der Waals surface area contributed by atoms with Crippen LogP contribution in [0.25, 0.3) is 0 Å². The number of hydrogen-bond acceptors (Lipinski definition) is 3. The number of benzene rings is 2. The number of aryl methyl sites for hydroxylation is 1. The van der Waals surface area contributed by atoms with E-state index < -0.39 is 18.0 Å². The Balaban J connectivity index is 1.93. The maximum absolute atomic E-state index is 13.3. The van der Waals surface area contributed by atoms with Gasteiger partial charge < -0.3 is 9.64 Å². The van der Waals surface area contributed by atoms with E-state index in [0.717, 1.165) is 10.9 Å². The average Bonchev–Trinajstić information content (AvgIpc) is 3.03. The van der Waals surface area contributed by atoms with Crippen molar-refractivity contribution in [1.82, 2.24) is 9.78 Å². The van der Waals surface area contributed by atoms with Crippen LogP contribution in [0.2, 0.25) is 0 Å². The van der Waals surface area contributed by atoms with Crippen molar-refractivity contribution >= 4 is 11.6 Å². The number of amides is 1. The summed E-state index contributed by atoms with van der Waals surface area (Å²) in [5, 5.41) is 3.78. The molecule has 134 valence electrons. The lowest BCUT2D eigenvalue weighted by molar-refractivity contribution is 0.0974. The molecule has 0 aliphatic rings. The van der Waals surface area contributed by atoms with Crippen molar-refractivity contribution in [2.75, 3.05) is 11.9 Å². The number of nitrogens with zero attached hydrogens (tertiary/aromatic N) is 3. The predicted molar refractivity (Wildman–Crippen MR) is 93.9 cm³/mol. The fourth-order valence-corrected chi connectivity index (χ4v) is 2.60. The normalized spacial score (nSPS) is 10.8. The first kappa shape index (κ1) is 17.6. The van der Waals surface area contributed by atoms with Crippen LogP contribution in [-0.4, -0.2) is 22.7 Å². The van der Waals surface area contributed by atoms with Crippen LogP contribution in [0, 0.1) is 0 Å². The topological polar surface area (TPSA) is 47.4 Å². The fraction of sp³-hybridized carbons (Fsp3) is 0.158. The third-order valence-electron chi connectivity index (χ3n) is 3.92. The molecule has 0 aliphatic carbocycles. The zero-order chi connectivity index (χ0) is 18.7. The monoisotopic (exact) mass is 357 g/mol. The summed E-state index contributed by atoms with van der Waals surface area (Å²) in [4.78, 5) is 14.1. The number of anilines is 1. The molecule has 0 aliphatic heterocycles. The van der Waals surface area contributed by atoms with Crippen LogP contribution in [0.4, 0.5) is 14.5 Å².